The maximum atomic E-state index is 11.6. The molecule has 0 radical (unpaired) electrons. The van der Waals surface area contributed by atoms with Crippen LogP contribution in [0.15, 0.2) is 0 Å². The van der Waals surface area contributed by atoms with Crippen molar-refractivity contribution in [3.8, 4) is 11.5 Å². The topological polar surface area (TPSA) is 17.1 Å². The molecule has 0 aromatic heterocycles. The summed E-state index contributed by atoms with van der Waals surface area (Å²) in [5.74, 6) is 9.59. The van der Waals surface area contributed by atoms with Crippen molar-refractivity contribution in [1.29, 1.82) is 0 Å². The predicted molar refractivity (Wildman–Crippen MR) is 68.7 cm³/mol. The zero-order valence-corrected chi connectivity index (χ0v) is 13.4. The van der Waals surface area contributed by atoms with Gasteiger partial charge in [0, 0.05) is 0 Å². The number of hydrogen-bond acceptors (Lipinski definition) is 1. The van der Waals surface area contributed by atoms with Gasteiger partial charge in [-0.05, 0) is 0 Å². The Hall–Kier alpha value is -0.0103. The molecule has 0 aliphatic carbocycles. The molecule has 0 aliphatic heterocycles. The van der Waals surface area contributed by atoms with Crippen LogP contribution in [-0.4, -0.2) is 26.0 Å². The van der Waals surface area contributed by atoms with Crippen LogP contribution < -0.4 is 0 Å². The van der Waals surface area contributed by atoms with Gasteiger partial charge in [0.1, 0.15) is 0 Å². The van der Waals surface area contributed by atoms with Crippen molar-refractivity contribution in [3.05, 3.63) is 0 Å². The Morgan fingerprint density at radius 2 is 1.71 bits per heavy atom. The van der Waals surface area contributed by atoms with Crippen LogP contribution in [0.25, 0.3) is 0 Å². The molecule has 0 saturated carbocycles. The van der Waals surface area contributed by atoms with Crippen LogP contribution in [0.4, 0.5) is 0 Å². The Labute approximate surface area is 92.0 Å². The summed E-state index contributed by atoms with van der Waals surface area (Å²) in [4.78, 5) is 11.6. The van der Waals surface area contributed by atoms with Gasteiger partial charge >= 0.3 is 92.0 Å². The SMILES string of the molecule is C[Si](C)(C)C#CCC[C](=O)[Ge]([CH3])([CH3])[CH3]. The molecule has 0 unspecified atom stereocenters. The van der Waals surface area contributed by atoms with Crippen LogP contribution in [0.3, 0.4) is 0 Å². The Morgan fingerprint density at radius 3 is 2.07 bits per heavy atom. The van der Waals surface area contributed by atoms with Crippen LogP contribution >= 0.6 is 0 Å². The standard InChI is InChI=1S/C11H22GeOSi/c1-12(2,3)11(13)9-7-8-10-14(4,5)6/h7,9H2,1-6H3. The van der Waals surface area contributed by atoms with Crippen molar-refractivity contribution in [2.75, 3.05) is 0 Å². The summed E-state index contributed by atoms with van der Waals surface area (Å²) < 4.78 is 0.495. The third-order valence-corrected chi connectivity index (χ3v) is 6.74. The third kappa shape index (κ3) is 7.40. The minimum atomic E-state index is -2.02. The third-order valence-electron chi connectivity index (χ3n) is 1.78. The fraction of sp³-hybridized carbons (Fsp3) is 0.727. The number of rotatable bonds is 3. The molecule has 0 amide bonds. The first kappa shape index (κ1) is 14.0. The normalized spacial score (nSPS) is 11.9. The van der Waals surface area contributed by atoms with Gasteiger partial charge in [0.2, 0.25) is 0 Å². The van der Waals surface area contributed by atoms with Gasteiger partial charge in [-0.3, -0.25) is 0 Å². The summed E-state index contributed by atoms with van der Waals surface area (Å²) in [5, 5.41) is 0. The van der Waals surface area contributed by atoms with E-state index in [2.05, 4.69) is 48.4 Å². The van der Waals surface area contributed by atoms with E-state index in [9.17, 15) is 4.79 Å². The second-order valence-electron chi connectivity index (χ2n) is 5.72. The summed E-state index contributed by atoms with van der Waals surface area (Å²) >= 11 is -2.02. The first-order valence-electron chi connectivity index (χ1n) is 5.16. The van der Waals surface area contributed by atoms with Crippen LogP contribution in [0.5, 0.6) is 0 Å². The van der Waals surface area contributed by atoms with Crippen molar-refractivity contribution in [2.45, 2.75) is 49.8 Å². The van der Waals surface area contributed by atoms with Crippen LogP contribution in [0.2, 0.25) is 36.9 Å². The molecule has 14 heavy (non-hydrogen) atoms. The molecule has 0 aromatic rings. The Kier molecular flexibility index (Phi) is 5.17. The first-order valence-corrected chi connectivity index (χ1v) is 16.0. The van der Waals surface area contributed by atoms with Gasteiger partial charge in [-0.25, -0.2) is 0 Å². The molecule has 3 heteroatoms. The van der Waals surface area contributed by atoms with E-state index >= 15 is 0 Å². The molecule has 0 spiro atoms. The zero-order chi connectivity index (χ0) is 11.4. The number of carbonyl (C=O) groups is 1. The zero-order valence-electron chi connectivity index (χ0n) is 10.3. The van der Waals surface area contributed by atoms with Gasteiger partial charge in [-0.15, -0.1) is 0 Å². The van der Waals surface area contributed by atoms with E-state index in [0.29, 0.717) is 11.0 Å². The molecular formula is C11H22GeOSi. The Bertz CT molecular complexity index is 260. The number of carbonyl (C=O) groups excluding carboxylic acids is 1. The van der Waals surface area contributed by atoms with Gasteiger partial charge in [-0.2, -0.15) is 0 Å². The second-order valence-corrected chi connectivity index (χ2v) is 21.1. The van der Waals surface area contributed by atoms with Gasteiger partial charge in [0.25, 0.3) is 0 Å². The van der Waals surface area contributed by atoms with Gasteiger partial charge < -0.3 is 0 Å². The van der Waals surface area contributed by atoms with Crippen LogP contribution in [0, 0.1) is 11.5 Å². The minimum absolute atomic E-state index is 0.495. The number of hydrogen-bond donors (Lipinski definition) is 0. The van der Waals surface area contributed by atoms with E-state index in [1.165, 1.54) is 0 Å². The van der Waals surface area contributed by atoms with E-state index < -0.39 is 21.3 Å². The Balaban J connectivity index is 3.97. The molecule has 1 nitrogen and oxygen atoms in total. The fourth-order valence-electron chi connectivity index (χ4n) is 0.879. The fourth-order valence-corrected chi connectivity index (χ4v) is 3.37. The van der Waals surface area contributed by atoms with Gasteiger partial charge in [-0.1, -0.05) is 0 Å². The van der Waals surface area contributed by atoms with E-state index in [0.717, 1.165) is 6.42 Å². The molecule has 0 aliphatic rings. The molecule has 0 N–H and O–H groups in total. The quantitative estimate of drug-likeness (QED) is 0.569. The summed E-state index contributed by atoms with van der Waals surface area (Å²) in [7, 11) is -1.23. The average Bonchev–Trinajstić information content (AvgIpc) is 1.93. The van der Waals surface area contributed by atoms with Crippen LogP contribution in [-0.2, 0) is 4.79 Å². The Morgan fingerprint density at radius 1 is 1.21 bits per heavy atom. The van der Waals surface area contributed by atoms with E-state index in [1.807, 2.05) is 0 Å². The summed E-state index contributed by atoms with van der Waals surface area (Å²) in [6.45, 7) is 6.68. The van der Waals surface area contributed by atoms with Crippen molar-refractivity contribution in [3.63, 3.8) is 0 Å². The average molecular weight is 271 g/mol. The first-order chi connectivity index (χ1) is 6.13. The summed E-state index contributed by atoms with van der Waals surface area (Å²) in [6.07, 6.45) is 1.45. The molecule has 80 valence electrons. The molecule has 0 fully saturated rings. The maximum absolute atomic E-state index is 11.6. The second kappa shape index (κ2) is 5.18. The molecular weight excluding hydrogens is 249 g/mol. The molecule has 0 atom stereocenters. The molecule has 0 heterocycles. The molecule has 0 saturated heterocycles. The van der Waals surface area contributed by atoms with Crippen molar-refractivity contribution in [2.24, 2.45) is 0 Å². The van der Waals surface area contributed by atoms with Crippen molar-refractivity contribution >= 4 is 26.0 Å². The molecule has 0 aromatic carbocycles. The summed E-state index contributed by atoms with van der Waals surface area (Å²) in [6, 6.07) is 0. The molecule has 0 rings (SSSR count). The summed E-state index contributed by atoms with van der Waals surface area (Å²) in [5.41, 5.74) is 3.29. The van der Waals surface area contributed by atoms with Crippen LogP contribution in [0.1, 0.15) is 12.8 Å². The monoisotopic (exact) mass is 272 g/mol. The van der Waals surface area contributed by atoms with E-state index in [-0.39, 0.29) is 0 Å². The molecule has 0 bridgehead atoms. The predicted octanol–water partition coefficient (Wildman–Crippen LogP) is 3.09. The van der Waals surface area contributed by atoms with E-state index in [4.69, 9.17) is 0 Å². The van der Waals surface area contributed by atoms with Gasteiger partial charge in [0.15, 0.2) is 0 Å². The van der Waals surface area contributed by atoms with Crippen molar-refractivity contribution < 1.29 is 4.79 Å². The van der Waals surface area contributed by atoms with Crippen molar-refractivity contribution in [1.82, 2.24) is 0 Å². The van der Waals surface area contributed by atoms with Gasteiger partial charge in [0.05, 0.1) is 0 Å². The van der Waals surface area contributed by atoms with E-state index in [1.54, 1.807) is 0 Å².